The Balaban J connectivity index is 2.40. The van der Waals surface area contributed by atoms with E-state index < -0.39 is 45.7 Å². The first-order chi connectivity index (χ1) is 10.8. The number of nitrogens with one attached hydrogen (secondary N) is 1. The Morgan fingerprint density at radius 2 is 1.65 bits per heavy atom. The summed E-state index contributed by atoms with van der Waals surface area (Å²) in [6.45, 7) is 0. The molecule has 0 aliphatic carbocycles. The van der Waals surface area contributed by atoms with Gasteiger partial charge in [0.15, 0.2) is 11.6 Å². The Morgan fingerprint density at radius 1 is 1.13 bits per heavy atom. The number of hydrogen-bond acceptors (Lipinski definition) is 4. The van der Waals surface area contributed by atoms with Crippen LogP contribution in [0.15, 0.2) is 36.4 Å². The largest absolute Gasteiger partial charge is 0.368 e. The minimum absolute atomic E-state index is 0.177. The molecule has 0 saturated heterocycles. The molecule has 2 aromatic carbocycles. The van der Waals surface area contributed by atoms with Gasteiger partial charge in [-0.05, 0) is 17.7 Å². The van der Waals surface area contributed by atoms with Gasteiger partial charge in [-0.3, -0.25) is 14.9 Å². The molecule has 2 rings (SSSR count). The fraction of sp³-hybridized carbons (Fsp3) is 0.0714. The molecule has 1 atom stereocenters. The molecule has 0 spiro atoms. The fourth-order valence-electron chi connectivity index (χ4n) is 1.92. The van der Waals surface area contributed by atoms with Crippen LogP contribution in [0.5, 0.6) is 0 Å². The fourth-order valence-corrected chi connectivity index (χ4v) is 1.92. The molecule has 0 aliphatic heterocycles. The highest BCUT2D eigenvalue weighted by Gasteiger charge is 2.23. The number of nitro groups is 1. The summed E-state index contributed by atoms with van der Waals surface area (Å²) in [5.41, 5.74) is 3.84. The van der Waals surface area contributed by atoms with Gasteiger partial charge in [0, 0.05) is 0 Å². The smallest absolute Gasteiger partial charge is 0.275 e. The van der Waals surface area contributed by atoms with E-state index in [4.69, 9.17) is 5.73 Å². The molecule has 0 heterocycles. The monoisotopic (exact) mass is 325 g/mol. The lowest BCUT2D eigenvalue weighted by atomic mass is 10.1. The van der Waals surface area contributed by atoms with Crippen LogP contribution >= 0.6 is 0 Å². The van der Waals surface area contributed by atoms with Gasteiger partial charge in [-0.25, -0.2) is 13.2 Å². The molecule has 0 aromatic heterocycles. The van der Waals surface area contributed by atoms with Crippen LogP contribution in [0.2, 0.25) is 0 Å². The van der Waals surface area contributed by atoms with Crippen LogP contribution in [0, 0.1) is 27.6 Å². The number of non-ortho nitro benzene ring substituents is 1. The van der Waals surface area contributed by atoms with E-state index in [-0.39, 0.29) is 5.56 Å². The number of hydrogen-bond donors (Lipinski definition) is 2. The highest BCUT2D eigenvalue weighted by Crippen LogP contribution is 2.28. The van der Waals surface area contributed by atoms with Gasteiger partial charge in [-0.2, -0.15) is 0 Å². The van der Waals surface area contributed by atoms with Crippen molar-refractivity contribution in [1.82, 2.24) is 0 Å². The lowest BCUT2D eigenvalue weighted by Crippen LogP contribution is -2.28. The zero-order valence-corrected chi connectivity index (χ0v) is 11.4. The molecular weight excluding hydrogens is 315 g/mol. The molecule has 23 heavy (non-hydrogen) atoms. The van der Waals surface area contributed by atoms with Gasteiger partial charge in [-0.1, -0.05) is 12.1 Å². The SMILES string of the molecule is NC(=O)[C@@H](Nc1c(F)cc([N+](=O)[O-])cc1F)c1ccc(F)cc1. The third-order valence-electron chi connectivity index (χ3n) is 3.01. The minimum atomic E-state index is -1.35. The van der Waals surface area contributed by atoms with E-state index in [9.17, 15) is 28.1 Å². The molecule has 6 nitrogen and oxygen atoms in total. The minimum Gasteiger partial charge on any atom is -0.368 e. The third-order valence-corrected chi connectivity index (χ3v) is 3.01. The van der Waals surface area contributed by atoms with Gasteiger partial charge in [0.25, 0.3) is 5.69 Å². The molecule has 0 unspecified atom stereocenters. The molecule has 9 heteroatoms. The number of nitrogens with zero attached hydrogens (tertiary/aromatic N) is 1. The lowest BCUT2D eigenvalue weighted by molar-refractivity contribution is -0.385. The summed E-state index contributed by atoms with van der Waals surface area (Å²) in [5.74, 6) is -4.05. The van der Waals surface area contributed by atoms with Crippen LogP contribution in [-0.4, -0.2) is 10.8 Å². The van der Waals surface area contributed by atoms with Gasteiger partial charge in [-0.15, -0.1) is 0 Å². The van der Waals surface area contributed by atoms with Gasteiger partial charge in [0.05, 0.1) is 17.1 Å². The molecule has 120 valence electrons. The first-order valence-corrected chi connectivity index (χ1v) is 6.24. The first-order valence-electron chi connectivity index (χ1n) is 6.24. The van der Waals surface area contributed by atoms with E-state index in [1.807, 2.05) is 0 Å². The van der Waals surface area contributed by atoms with E-state index in [2.05, 4.69) is 5.32 Å². The highest BCUT2D eigenvalue weighted by atomic mass is 19.1. The van der Waals surface area contributed by atoms with Crippen LogP contribution in [0.4, 0.5) is 24.5 Å². The van der Waals surface area contributed by atoms with Gasteiger partial charge < -0.3 is 11.1 Å². The average Bonchev–Trinajstić information content (AvgIpc) is 2.47. The number of primary amides is 1. The first kappa shape index (κ1) is 16.3. The number of nitrogens with two attached hydrogens (primary N) is 1. The molecule has 0 radical (unpaired) electrons. The maximum atomic E-state index is 13.9. The van der Waals surface area contributed by atoms with Crippen molar-refractivity contribution in [3.05, 3.63) is 69.5 Å². The van der Waals surface area contributed by atoms with Crippen molar-refractivity contribution in [1.29, 1.82) is 0 Å². The van der Waals surface area contributed by atoms with E-state index in [1.165, 1.54) is 12.1 Å². The van der Waals surface area contributed by atoms with E-state index in [1.54, 1.807) is 0 Å². The van der Waals surface area contributed by atoms with Crippen molar-refractivity contribution < 1.29 is 22.9 Å². The van der Waals surface area contributed by atoms with Gasteiger partial charge in [0.1, 0.15) is 17.5 Å². The van der Waals surface area contributed by atoms with Gasteiger partial charge in [0.2, 0.25) is 5.91 Å². The van der Waals surface area contributed by atoms with Crippen LogP contribution in [-0.2, 0) is 4.79 Å². The van der Waals surface area contributed by atoms with Crippen LogP contribution in [0.3, 0.4) is 0 Å². The number of anilines is 1. The second kappa shape index (κ2) is 6.34. The van der Waals surface area contributed by atoms with Crippen molar-refractivity contribution >= 4 is 17.3 Å². The summed E-state index contributed by atoms with van der Waals surface area (Å²) >= 11 is 0. The van der Waals surface area contributed by atoms with Crippen LogP contribution in [0.25, 0.3) is 0 Å². The highest BCUT2D eigenvalue weighted by molar-refractivity contribution is 5.84. The quantitative estimate of drug-likeness (QED) is 0.652. The summed E-state index contributed by atoms with van der Waals surface area (Å²) < 4.78 is 40.6. The summed E-state index contributed by atoms with van der Waals surface area (Å²) in [5, 5.41) is 12.8. The lowest BCUT2D eigenvalue weighted by Gasteiger charge is -2.18. The molecule has 1 amide bonds. The Bertz CT molecular complexity index is 743. The zero-order chi connectivity index (χ0) is 17.1. The number of halogens is 3. The number of amides is 1. The van der Waals surface area contributed by atoms with Crippen molar-refractivity contribution in [2.45, 2.75) is 6.04 Å². The zero-order valence-electron chi connectivity index (χ0n) is 11.4. The van der Waals surface area contributed by atoms with Crippen molar-refractivity contribution in [3.63, 3.8) is 0 Å². The number of nitro benzene ring substituents is 1. The molecular formula is C14H10F3N3O3. The van der Waals surface area contributed by atoms with E-state index in [0.717, 1.165) is 12.1 Å². The van der Waals surface area contributed by atoms with E-state index in [0.29, 0.717) is 12.1 Å². The molecule has 3 N–H and O–H groups in total. The third kappa shape index (κ3) is 3.57. The second-order valence-electron chi connectivity index (χ2n) is 4.57. The predicted molar refractivity (Wildman–Crippen MR) is 75.0 cm³/mol. The normalized spacial score (nSPS) is 11.8. The summed E-state index contributed by atoms with van der Waals surface area (Å²) in [4.78, 5) is 21.1. The maximum absolute atomic E-state index is 13.9. The molecule has 2 aromatic rings. The van der Waals surface area contributed by atoms with Crippen molar-refractivity contribution in [2.24, 2.45) is 5.73 Å². The number of rotatable bonds is 5. The van der Waals surface area contributed by atoms with Crippen molar-refractivity contribution in [2.75, 3.05) is 5.32 Å². The Hall–Kier alpha value is -3.10. The molecule has 0 saturated carbocycles. The van der Waals surface area contributed by atoms with Gasteiger partial charge >= 0.3 is 0 Å². The maximum Gasteiger partial charge on any atom is 0.275 e. The standard InChI is InChI=1S/C14H10F3N3O3/c15-8-3-1-7(2-4-8)12(14(18)21)19-13-10(16)5-9(20(22)23)6-11(13)17/h1-6,12,19H,(H2,18,21)/t12-/m0/s1. The van der Waals surface area contributed by atoms with Crippen LogP contribution in [0.1, 0.15) is 11.6 Å². The summed E-state index contributed by atoms with van der Waals surface area (Å²) in [6.07, 6.45) is 0. The summed E-state index contributed by atoms with van der Waals surface area (Å²) in [7, 11) is 0. The van der Waals surface area contributed by atoms with E-state index >= 15 is 0 Å². The predicted octanol–water partition coefficient (Wildman–Crippen LogP) is 2.65. The Kier molecular flexibility index (Phi) is 4.49. The molecule has 0 aliphatic rings. The Morgan fingerprint density at radius 3 is 2.09 bits per heavy atom. The molecule has 0 fully saturated rings. The Labute approximate surface area is 127 Å². The number of carbonyl (C=O) groups is 1. The number of benzene rings is 2. The van der Waals surface area contributed by atoms with Crippen LogP contribution < -0.4 is 11.1 Å². The average molecular weight is 325 g/mol. The summed E-state index contributed by atoms with van der Waals surface area (Å²) in [6, 6.07) is 4.21. The second-order valence-corrected chi connectivity index (χ2v) is 4.57. The number of carbonyl (C=O) groups excluding carboxylic acids is 1. The van der Waals surface area contributed by atoms with Crippen molar-refractivity contribution in [3.8, 4) is 0 Å². The topological polar surface area (TPSA) is 98.3 Å². The molecule has 0 bridgehead atoms.